The van der Waals surface area contributed by atoms with Crippen LogP contribution in [0, 0.1) is 12.8 Å². The lowest BCUT2D eigenvalue weighted by molar-refractivity contribution is -0.00788. The molecule has 1 unspecified atom stereocenters. The molecule has 3 heteroatoms. The Hall–Kier alpha value is -1.06. The van der Waals surface area contributed by atoms with Gasteiger partial charge in [-0.2, -0.15) is 0 Å². The first-order valence-electron chi connectivity index (χ1n) is 7.65. The van der Waals surface area contributed by atoms with Gasteiger partial charge in [0.25, 0.3) is 0 Å². The van der Waals surface area contributed by atoms with Crippen molar-refractivity contribution in [1.29, 1.82) is 0 Å². The zero-order valence-corrected chi connectivity index (χ0v) is 12.8. The lowest BCUT2D eigenvalue weighted by Gasteiger charge is -2.36. The Kier molecular flexibility index (Phi) is 4.71. The van der Waals surface area contributed by atoms with Gasteiger partial charge in [0.15, 0.2) is 0 Å². The van der Waals surface area contributed by atoms with Crippen LogP contribution in [-0.4, -0.2) is 22.4 Å². The highest BCUT2D eigenvalue weighted by atomic mass is 16.3. The quantitative estimate of drug-likeness (QED) is 0.791. The number of phenols is 1. The average molecular weight is 277 g/mol. The fourth-order valence-corrected chi connectivity index (χ4v) is 2.95. The first-order valence-corrected chi connectivity index (χ1v) is 7.65. The molecule has 112 valence electrons. The van der Waals surface area contributed by atoms with Gasteiger partial charge in [0.05, 0.1) is 5.60 Å². The first-order chi connectivity index (χ1) is 9.39. The monoisotopic (exact) mass is 277 g/mol. The molecule has 0 aliphatic heterocycles. The van der Waals surface area contributed by atoms with E-state index in [9.17, 15) is 10.2 Å². The molecule has 1 fully saturated rings. The minimum Gasteiger partial charge on any atom is -0.508 e. The molecule has 1 aromatic rings. The number of hydrogen-bond acceptors (Lipinski definition) is 3. The molecule has 3 nitrogen and oxygen atoms in total. The topological polar surface area (TPSA) is 52.5 Å². The third kappa shape index (κ3) is 3.74. The highest BCUT2D eigenvalue weighted by molar-refractivity contribution is 5.37. The molecule has 1 aromatic carbocycles. The second-order valence-corrected chi connectivity index (χ2v) is 6.57. The van der Waals surface area contributed by atoms with Crippen LogP contribution in [0.4, 0.5) is 0 Å². The summed E-state index contributed by atoms with van der Waals surface area (Å²) in [5, 5.41) is 23.9. The standard InChI is InChI=1S/C17H27NO2/c1-12-6-8-17(20,9-7-12)11-18-14(3)15-5-4-13(2)10-16(15)19/h4-5,10,12,14,18-20H,6-9,11H2,1-3H3. The van der Waals surface area contributed by atoms with E-state index in [0.29, 0.717) is 12.3 Å². The van der Waals surface area contributed by atoms with Crippen LogP contribution in [0.2, 0.25) is 0 Å². The van der Waals surface area contributed by atoms with E-state index in [-0.39, 0.29) is 6.04 Å². The summed E-state index contributed by atoms with van der Waals surface area (Å²) in [5.41, 5.74) is 1.36. The summed E-state index contributed by atoms with van der Waals surface area (Å²) >= 11 is 0. The van der Waals surface area contributed by atoms with E-state index in [4.69, 9.17) is 0 Å². The molecule has 0 saturated heterocycles. The van der Waals surface area contributed by atoms with Crippen LogP contribution >= 0.6 is 0 Å². The second-order valence-electron chi connectivity index (χ2n) is 6.57. The summed E-state index contributed by atoms with van der Waals surface area (Å²) in [5.74, 6) is 1.06. The van der Waals surface area contributed by atoms with Crippen molar-refractivity contribution in [2.45, 2.75) is 58.1 Å². The number of aryl methyl sites for hydroxylation is 1. The molecule has 1 atom stereocenters. The lowest BCUT2D eigenvalue weighted by atomic mass is 9.79. The van der Waals surface area contributed by atoms with Gasteiger partial charge in [-0.15, -0.1) is 0 Å². The SMILES string of the molecule is Cc1ccc(C(C)NCC2(O)CCC(C)CC2)c(O)c1. The van der Waals surface area contributed by atoms with Crippen molar-refractivity contribution < 1.29 is 10.2 Å². The number of benzene rings is 1. The lowest BCUT2D eigenvalue weighted by Crippen LogP contribution is -2.44. The van der Waals surface area contributed by atoms with E-state index >= 15 is 0 Å². The number of nitrogens with one attached hydrogen (secondary N) is 1. The number of phenolic OH excluding ortho intramolecular Hbond substituents is 1. The molecule has 1 aliphatic rings. The molecule has 1 saturated carbocycles. The van der Waals surface area contributed by atoms with Crippen molar-refractivity contribution in [3.63, 3.8) is 0 Å². The van der Waals surface area contributed by atoms with Gasteiger partial charge in [-0.05, 0) is 57.1 Å². The van der Waals surface area contributed by atoms with E-state index in [1.165, 1.54) is 0 Å². The van der Waals surface area contributed by atoms with E-state index < -0.39 is 5.60 Å². The summed E-state index contributed by atoms with van der Waals surface area (Å²) in [7, 11) is 0. The Bertz CT molecular complexity index is 450. The fraction of sp³-hybridized carbons (Fsp3) is 0.647. The van der Waals surface area contributed by atoms with E-state index in [0.717, 1.165) is 42.7 Å². The zero-order chi connectivity index (χ0) is 14.8. The summed E-state index contributed by atoms with van der Waals surface area (Å²) < 4.78 is 0. The summed E-state index contributed by atoms with van der Waals surface area (Å²) in [6.45, 7) is 6.83. The molecule has 20 heavy (non-hydrogen) atoms. The Morgan fingerprint density at radius 2 is 2.00 bits per heavy atom. The van der Waals surface area contributed by atoms with Gasteiger partial charge < -0.3 is 15.5 Å². The van der Waals surface area contributed by atoms with Gasteiger partial charge in [0.1, 0.15) is 5.75 Å². The molecule has 0 aromatic heterocycles. The van der Waals surface area contributed by atoms with Crippen molar-refractivity contribution in [2.75, 3.05) is 6.54 Å². The molecule has 2 rings (SSSR count). The van der Waals surface area contributed by atoms with Gasteiger partial charge in [0.2, 0.25) is 0 Å². The summed E-state index contributed by atoms with van der Waals surface area (Å²) in [6, 6.07) is 5.78. The number of aliphatic hydroxyl groups is 1. The zero-order valence-electron chi connectivity index (χ0n) is 12.8. The Balaban J connectivity index is 1.93. The highest BCUT2D eigenvalue weighted by Gasteiger charge is 2.31. The van der Waals surface area contributed by atoms with Crippen LogP contribution in [-0.2, 0) is 0 Å². The molecule has 1 aliphatic carbocycles. The van der Waals surface area contributed by atoms with Gasteiger partial charge in [-0.25, -0.2) is 0 Å². The molecule has 0 spiro atoms. The average Bonchev–Trinajstić information content (AvgIpc) is 2.40. The molecule has 0 bridgehead atoms. The summed E-state index contributed by atoms with van der Waals surface area (Å²) in [6.07, 6.45) is 3.94. The fourth-order valence-electron chi connectivity index (χ4n) is 2.95. The third-order valence-electron chi connectivity index (χ3n) is 4.59. The Morgan fingerprint density at radius 1 is 1.35 bits per heavy atom. The maximum atomic E-state index is 10.6. The predicted molar refractivity (Wildman–Crippen MR) is 81.8 cm³/mol. The minimum atomic E-state index is -0.582. The van der Waals surface area contributed by atoms with E-state index in [1.54, 1.807) is 6.07 Å². The Labute approximate surface area is 122 Å². The van der Waals surface area contributed by atoms with Crippen molar-refractivity contribution in [3.05, 3.63) is 29.3 Å². The van der Waals surface area contributed by atoms with Gasteiger partial charge in [0, 0.05) is 18.2 Å². The van der Waals surface area contributed by atoms with E-state index in [2.05, 4.69) is 12.2 Å². The van der Waals surface area contributed by atoms with Gasteiger partial charge in [-0.3, -0.25) is 0 Å². The molecule has 3 N–H and O–H groups in total. The number of rotatable bonds is 4. The smallest absolute Gasteiger partial charge is 0.120 e. The number of hydrogen-bond donors (Lipinski definition) is 3. The van der Waals surface area contributed by atoms with Crippen molar-refractivity contribution in [2.24, 2.45) is 5.92 Å². The molecular formula is C17H27NO2. The predicted octanol–water partition coefficient (Wildman–Crippen LogP) is 3.29. The van der Waals surface area contributed by atoms with Crippen LogP contribution in [0.25, 0.3) is 0 Å². The van der Waals surface area contributed by atoms with Crippen molar-refractivity contribution >= 4 is 0 Å². The normalized spacial score (nSPS) is 28.3. The third-order valence-corrected chi connectivity index (χ3v) is 4.59. The van der Waals surface area contributed by atoms with Crippen molar-refractivity contribution in [1.82, 2.24) is 5.32 Å². The van der Waals surface area contributed by atoms with Crippen LogP contribution < -0.4 is 5.32 Å². The molecule has 0 heterocycles. The minimum absolute atomic E-state index is 0.0407. The largest absolute Gasteiger partial charge is 0.508 e. The van der Waals surface area contributed by atoms with E-state index in [1.807, 2.05) is 26.0 Å². The molecular weight excluding hydrogens is 250 g/mol. The summed E-state index contributed by atoms with van der Waals surface area (Å²) in [4.78, 5) is 0. The van der Waals surface area contributed by atoms with Crippen molar-refractivity contribution in [3.8, 4) is 5.75 Å². The second kappa shape index (κ2) is 6.15. The maximum Gasteiger partial charge on any atom is 0.120 e. The molecule has 0 amide bonds. The number of aromatic hydroxyl groups is 1. The van der Waals surface area contributed by atoms with Gasteiger partial charge in [-0.1, -0.05) is 19.1 Å². The van der Waals surface area contributed by atoms with Crippen LogP contribution in [0.3, 0.4) is 0 Å². The Morgan fingerprint density at radius 3 is 2.60 bits per heavy atom. The van der Waals surface area contributed by atoms with Crippen LogP contribution in [0.5, 0.6) is 5.75 Å². The maximum absolute atomic E-state index is 10.6. The first kappa shape index (κ1) is 15.3. The van der Waals surface area contributed by atoms with Crippen LogP contribution in [0.15, 0.2) is 18.2 Å². The molecule has 0 radical (unpaired) electrons. The highest BCUT2D eigenvalue weighted by Crippen LogP contribution is 2.32. The van der Waals surface area contributed by atoms with Crippen LogP contribution in [0.1, 0.15) is 56.7 Å². The van der Waals surface area contributed by atoms with Gasteiger partial charge >= 0.3 is 0 Å².